The lowest BCUT2D eigenvalue weighted by Gasteiger charge is -2.27. The SMILES string of the molecule is COc1c(F)cc2c(c1C1(N)CCCC1)OCO2. The molecule has 1 aliphatic carbocycles. The summed E-state index contributed by atoms with van der Waals surface area (Å²) in [6, 6.07) is 1.29. The molecule has 0 bridgehead atoms. The van der Waals surface area contributed by atoms with E-state index in [1.54, 1.807) is 0 Å². The highest BCUT2D eigenvalue weighted by Crippen LogP contribution is 2.51. The molecule has 5 heteroatoms. The third-order valence-corrected chi connectivity index (χ3v) is 3.77. The second-order valence-corrected chi connectivity index (χ2v) is 4.86. The number of ether oxygens (including phenoxy) is 3. The summed E-state index contributed by atoms with van der Waals surface area (Å²) in [6.45, 7) is 0.102. The van der Waals surface area contributed by atoms with Crippen molar-refractivity contribution in [2.75, 3.05) is 13.9 Å². The van der Waals surface area contributed by atoms with Gasteiger partial charge in [-0.25, -0.2) is 4.39 Å². The molecule has 1 fully saturated rings. The lowest BCUT2D eigenvalue weighted by atomic mass is 9.87. The Bertz CT molecular complexity index is 480. The maximum atomic E-state index is 14.0. The third-order valence-electron chi connectivity index (χ3n) is 3.77. The standard InChI is InChI=1S/C13H16FNO3/c1-16-11-8(14)6-9-12(18-7-17-9)10(11)13(15)4-2-3-5-13/h6H,2-5,7,15H2,1H3. The fourth-order valence-electron chi connectivity index (χ4n) is 2.90. The van der Waals surface area contributed by atoms with Crippen molar-refractivity contribution in [3.8, 4) is 17.2 Å². The van der Waals surface area contributed by atoms with Crippen LogP contribution in [-0.4, -0.2) is 13.9 Å². The Hall–Kier alpha value is -1.49. The molecule has 0 saturated heterocycles. The molecule has 1 aliphatic heterocycles. The van der Waals surface area contributed by atoms with Gasteiger partial charge in [-0.2, -0.15) is 0 Å². The summed E-state index contributed by atoms with van der Waals surface area (Å²) in [5.74, 6) is 0.690. The van der Waals surface area contributed by atoms with Crippen molar-refractivity contribution in [3.05, 3.63) is 17.4 Å². The monoisotopic (exact) mass is 253 g/mol. The number of hydrogen-bond donors (Lipinski definition) is 1. The molecule has 1 saturated carbocycles. The van der Waals surface area contributed by atoms with Gasteiger partial charge >= 0.3 is 0 Å². The zero-order chi connectivity index (χ0) is 12.8. The highest BCUT2D eigenvalue weighted by molar-refractivity contribution is 5.59. The number of rotatable bonds is 2. The molecule has 1 aromatic rings. The van der Waals surface area contributed by atoms with Crippen LogP contribution in [0.2, 0.25) is 0 Å². The molecule has 0 radical (unpaired) electrons. The average molecular weight is 253 g/mol. The molecular weight excluding hydrogens is 237 g/mol. The molecule has 18 heavy (non-hydrogen) atoms. The minimum absolute atomic E-state index is 0.102. The van der Waals surface area contributed by atoms with Gasteiger partial charge < -0.3 is 19.9 Å². The maximum Gasteiger partial charge on any atom is 0.231 e. The molecule has 0 aromatic heterocycles. The average Bonchev–Trinajstić information content (AvgIpc) is 2.96. The van der Waals surface area contributed by atoms with Crippen LogP contribution in [0.3, 0.4) is 0 Å². The highest BCUT2D eigenvalue weighted by atomic mass is 19.1. The van der Waals surface area contributed by atoms with Gasteiger partial charge in [0.05, 0.1) is 12.7 Å². The predicted octanol–water partition coefficient (Wildman–Crippen LogP) is 2.29. The van der Waals surface area contributed by atoms with Gasteiger partial charge in [0.1, 0.15) is 0 Å². The minimum Gasteiger partial charge on any atom is -0.493 e. The van der Waals surface area contributed by atoms with Crippen molar-refractivity contribution in [1.82, 2.24) is 0 Å². The van der Waals surface area contributed by atoms with E-state index in [-0.39, 0.29) is 12.5 Å². The summed E-state index contributed by atoms with van der Waals surface area (Å²) < 4.78 is 29.9. The molecule has 2 aliphatic rings. The van der Waals surface area contributed by atoms with Crippen LogP contribution in [0.15, 0.2) is 6.07 Å². The van der Waals surface area contributed by atoms with Gasteiger partial charge in [-0.05, 0) is 12.8 Å². The van der Waals surface area contributed by atoms with Crippen molar-refractivity contribution in [3.63, 3.8) is 0 Å². The second kappa shape index (κ2) is 4.02. The van der Waals surface area contributed by atoms with E-state index in [2.05, 4.69) is 0 Å². The van der Waals surface area contributed by atoms with E-state index in [4.69, 9.17) is 19.9 Å². The van der Waals surface area contributed by atoms with Gasteiger partial charge in [-0.3, -0.25) is 0 Å². The van der Waals surface area contributed by atoms with Crippen molar-refractivity contribution < 1.29 is 18.6 Å². The topological polar surface area (TPSA) is 53.7 Å². The van der Waals surface area contributed by atoms with Crippen LogP contribution in [0.25, 0.3) is 0 Å². The Morgan fingerprint density at radius 1 is 1.33 bits per heavy atom. The summed E-state index contributed by atoms with van der Waals surface area (Å²) in [5, 5.41) is 0. The maximum absolute atomic E-state index is 14.0. The Balaban J connectivity index is 2.22. The molecular formula is C13H16FNO3. The molecule has 0 amide bonds. The first-order valence-corrected chi connectivity index (χ1v) is 6.11. The van der Waals surface area contributed by atoms with Crippen LogP contribution >= 0.6 is 0 Å². The molecule has 0 spiro atoms. The lowest BCUT2D eigenvalue weighted by molar-refractivity contribution is 0.171. The fraction of sp³-hybridized carbons (Fsp3) is 0.538. The number of fused-ring (bicyclic) bond motifs is 1. The van der Waals surface area contributed by atoms with Crippen LogP contribution in [0.4, 0.5) is 4.39 Å². The van der Waals surface area contributed by atoms with Gasteiger partial charge in [0, 0.05) is 11.6 Å². The summed E-state index contributed by atoms with van der Waals surface area (Å²) in [7, 11) is 1.45. The van der Waals surface area contributed by atoms with Crippen molar-refractivity contribution >= 4 is 0 Å². The van der Waals surface area contributed by atoms with Crippen molar-refractivity contribution in [2.24, 2.45) is 5.73 Å². The molecule has 1 aromatic carbocycles. The zero-order valence-electron chi connectivity index (χ0n) is 10.3. The van der Waals surface area contributed by atoms with Gasteiger partial charge in [-0.15, -0.1) is 0 Å². The molecule has 0 unspecified atom stereocenters. The van der Waals surface area contributed by atoms with Crippen LogP contribution in [0, 0.1) is 5.82 Å². The zero-order valence-corrected chi connectivity index (χ0v) is 10.3. The van der Waals surface area contributed by atoms with Gasteiger partial charge in [0.15, 0.2) is 23.1 Å². The Kier molecular flexibility index (Phi) is 2.59. The van der Waals surface area contributed by atoms with E-state index >= 15 is 0 Å². The Morgan fingerprint density at radius 2 is 2.06 bits per heavy atom. The molecule has 2 N–H and O–H groups in total. The highest BCUT2D eigenvalue weighted by Gasteiger charge is 2.40. The van der Waals surface area contributed by atoms with Crippen LogP contribution < -0.4 is 19.9 Å². The Morgan fingerprint density at radius 3 is 2.72 bits per heavy atom. The number of nitrogens with two attached hydrogens (primary N) is 1. The van der Waals surface area contributed by atoms with Crippen molar-refractivity contribution in [2.45, 2.75) is 31.2 Å². The number of halogens is 1. The number of methoxy groups -OCH3 is 1. The minimum atomic E-state index is -0.578. The van der Waals surface area contributed by atoms with Gasteiger partial charge in [0.25, 0.3) is 0 Å². The lowest BCUT2D eigenvalue weighted by Crippen LogP contribution is -2.34. The van der Waals surface area contributed by atoms with E-state index in [0.717, 1.165) is 25.7 Å². The first-order valence-electron chi connectivity index (χ1n) is 6.11. The van der Waals surface area contributed by atoms with E-state index in [1.807, 2.05) is 0 Å². The van der Waals surface area contributed by atoms with E-state index in [0.29, 0.717) is 17.1 Å². The summed E-state index contributed by atoms with van der Waals surface area (Å²) >= 11 is 0. The van der Waals surface area contributed by atoms with E-state index < -0.39 is 11.4 Å². The van der Waals surface area contributed by atoms with Crippen molar-refractivity contribution in [1.29, 1.82) is 0 Å². The molecule has 3 rings (SSSR count). The number of benzene rings is 1. The quantitative estimate of drug-likeness (QED) is 0.878. The molecule has 0 atom stereocenters. The predicted molar refractivity (Wildman–Crippen MR) is 63.4 cm³/mol. The molecule has 4 nitrogen and oxygen atoms in total. The largest absolute Gasteiger partial charge is 0.493 e. The normalized spacial score (nSPS) is 20.2. The second-order valence-electron chi connectivity index (χ2n) is 4.86. The van der Waals surface area contributed by atoms with Crippen LogP contribution in [-0.2, 0) is 5.54 Å². The number of hydrogen-bond acceptors (Lipinski definition) is 4. The molecule has 98 valence electrons. The van der Waals surface area contributed by atoms with Gasteiger partial charge in [-0.1, -0.05) is 12.8 Å². The van der Waals surface area contributed by atoms with E-state index in [9.17, 15) is 4.39 Å². The first kappa shape index (κ1) is 11.6. The van der Waals surface area contributed by atoms with Gasteiger partial charge in [0.2, 0.25) is 6.79 Å². The fourth-order valence-corrected chi connectivity index (χ4v) is 2.90. The summed E-state index contributed by atoms with van der Waals surface area (Å²) in [5.41, 5.74) is 6.46. The van der Waals surface area contributed by atoms with Crippen LogP contribution in [0.5, 0.6) is 17.2 Å². The molecule has 1 heterocycles. The first-order chi connectivity index (χ1) is 8.65. The summed E-state index contributed by atoms with van der Waals surface area (Å²) in [6.07, 6.45) is 3.68. The smallest absolute Gasteiger partial charge is 0.231 e. The summed E-state index contributed by atoms with van der Waals surface area (Å²) in [4.78, 5) is 0. The van der Waals surface area contributed by atoms with E-state index in [1.165, 1.54) is 13.2 Å². The Labute approximate surface area is 105 Å². The third kappa shape index (κ3) is 1.54. The van der Waals surface area contributed by atoms with Crippen LogP contribution in [0.1, 0.15) is 31.2 Å².